The van der Waals surface area contributed by atoms with Gasteiger partial charge in [0, 0.05) is 36.7 Å². The van der Waals surface area contributed by atoms with Crippen molar-refractivity contribution in [2.24, 2.45) is 5.14 Å². The number of unbranched alkanes of at least 4 members (excludes halogenated alkanes) is 3. The number of nitrogens with two attached hydrogens (primary N) is 1. The highest BCUT2D eigenvalue weighted by Gasteiger charge is 2.35. The molecule has 2 aromatic carbocycles. The molecule has 1 atom stereocenters. The van der Waals surface area contributed by atoms with Crippen LogP contribution in [0.5, 0.6) is 0 Å². The van der Waals surface area contributed by atoms with Crippen molar-refractivity contribution in [1.82, 2.24) is 9.80 Å². The molecule has 0 bridgehead atoms. The molecule has 1 aliphatic carbocycles. The van der Waals surface area contributed by atoms with Crippen LogP contribution in [0.15, 0.2) is 48.5 Å². The number of benzene rings is 2. The first-order valence-electron chi connectivity index (χ1n) is 12.2. The Labute approximate surface area is 204 Å². The summed E-state index contributed by atoms with van der Waals surface area (Å²) in [4.78, 5) is 5.35. The van der Waals surface area contributed by atoms with Gasteiger partial charge in [0.15, 0.2) is 0 Å². The summed E-state index contributed by atoms with van der Waals surface area (Å²) < 4.78 is 22.2. The lowest BCUT2D eigenvalue weighted by molar-refractivity contribution is 0.0681. The Hall–Kier alpha value is -1.44. The Morgan fingerprint density at radius 2 is 1.52 bits per heavy atom. The number of sulfonamides is 1. The quantitative estimate of drug-likeness (QED) is 0.470. The lowest BCUT2D eigenvalue weighted by Gasteiger charge is -2.42. The van der Waals surface area contributed by atoms with Crippen LogP contribution in [0.1, 0.15) is 44.1 Å². The molecule has 2 aliphatic rings. The molecule has 0 amide bonds. The Morgan fingerprint density at radius 1 is 0.879 bits per heavy atom. The van der Waals surface area contributed by atoms with E-state index in [-0.39, 0.29) is 5.75 Å². The van der Waals surface area contributed by atoms with Gasteiger partial charge in [-0.05, 0) is 67.5 Å². The largest absolute Gasteiger partial charge is 0.298 e. The summed E-state index contributed by atoms with van der Waals surface area (Å²) in [5, 5.41) is 5.86. The van der Waals surface area contributed by atoms with Crippen molar-refractivity contribution in [3.63, 3.8) is 0 Å². The third-order valence-electron chi connectivity index (χ3n) is 6.93. The van der Waals surface area contributed by atoms with E-state index in [0.29, 0.717) is 12.5 Å². The molecule has 0 spiro atoms. The van der Waals surface area contributed by atoms with Crippen molar-refractivity contribution in [2.45, 2.75) is 57.0 Å². The first kappa shape index (κ1) is 24.7. The van der Waals surface area contributed by atoms with Crippen molar-refractivity contribution in [3.8, 4) is 11.1 Å². The summed E-state index contributed by atoms with van der Waals surface area (Å²) in [6.45, 7) is 4.53. The second-order valence-electron chi connectivity index (χ2n) is 9.61. The molecule has 33 heavy (non-hydrogen) atoms. The zero-order valence-electron chi connectivity index (χ0n) is 19.3. The molecule has 1 heterocycles. The second-order valence-corrected chi connectivity index (χ2v) is 11.8. The molecule has 1 unspecified atom stereocenters. The van der Waals surface area contributed by atoms with Gasteiger partial charge in [0.2, 0.25) is 10.0 Å². The van der Waals surface area contributed by atoms with Gasteiger partial charge in [-0.3, -0.25) is 9.80 Å². The number of rotatable bonds is 11. The summed E-state index contributed by atoms with van der Waals surface area (Å²) in [7, 11) is -3.33. The van der Waals surface area contributed by atoms with E-state index in [9.17, 15) is 8.42 Å². The van der Waals surface area contributed by atoms with Crippen LogP contribution >= 0.6 is 11.6 Å². The van der Waals surface area contributed by atoms with Crippen LogP contribution in [-0.4, -0.2) is 62.2 Å². The van der Waals surface area contributed by atoms with E-state index < -0.39 is 10.0 Å². The highest BCUT2D eigenvalue weighted by Crippen LogP contribution is 2.30. The first-order chi connectivity index (χ1) is 15.9. The van der Waals surface area contributed by atoms with Crippen LogP contribution in [0.4, 0.5) is 0 Å². The van der Waals surface area contributed by atoms with Gasteiger partial charge in [-0.15, -0.1) is 0 Å². The van der Waals surface area contributed by atoms with E-state index in [4.69, 9.17) is 16.7 Å². The minimum atomic E-state index is -3.33. The number of primary sulfonamides is 1. The Balaban J connectivity index is 1.32. The van der Waals surface area contributed by atoms with Gasteiger partial charge < -0.3 is 0 Å². The summed E-state index contributed by atoms with van der Waals surface area (Å²) in [6, 6.07) is 18.3. The predicted molar refractivity (Wildman–Crippen MR) is 137 cm³/mol. The SMILES string of the molecule is NS(=O)(=O)CCCCCCN1CCN(C2CC2)CC1Cc1ccc(-c2ccc(Cl)cc2)cc1. The first-order valence-corrected chi connectivity index (χ1v) is 14.3. The maximum Gasteiger partial charge on any atom is 0.209 e. The summed E-state index contributed by atoms with van der Waals surface area (Å²) in [5.41, 5.74) is 3.79. The van der Waals surface area contributed by atoms with Gasteiger partial charge in [-0.25, -0.2) is 13.6 Å². The summed E-state index contributed by atoms with van der Waals surface area (Å²) in [5.74, 6) is 0.0989. The molecule has 2 N–H and O–H groups in total. The molecule has 2 aromatic rings. The number of hydrogen-bond donors (Lipinski definition) is 1. The number of piperazine rings is 1. The Bertz CT molecular complexity index is 991. The molecule has 5 nitrogen and oxygen atoms in total. The van der Waals surface area contributed by atoms with E-state index >= 15 is 0 Å². The third-order valence-corrected chi connectivity index (χ3v) is 8.04. The molecular weight excluding hydrogens is 454 g/mol. The fraction of sp³-hybridized carbons (Fsp3) is 0.538. The Morgan fingerprint density at radius 3 is 2.15 bits per heavy atom. The normalized spacial score (nSPS) is 20.2. The minimum Gasteiger partial charge on any atom is -0.298 e. The number of halogens is 1. The summed E-state index contributed by atoms with van der Waals surface area (Å²) >= 11 is 6.03. The molecule has 1 saturated heterocycles. The highest BCUT2D eigenvalue weighted by molar-refractivity contribution is 7.89. The van der Waals surface area contributed by atoms with E-state index in [0.717, 1.165) is 56.4 Å². The van der Waals surface area contributed by atoms with E-state index in [1.807, 2.05) is 12.1 Å². The third kappa shape index (κ3) is 7.79. The van der Waals surface area contributed by atoms with E-state index in [1.165, 1.54) is 36.1 Å². The standard InChI is InChI=1S/C26H36ClN3O2S/c27-24-11-9-23(10-12-24)22-7-5-21(6-8-22)19-26-20-30(25-13-14-25)17-16-29(26)15-3-1-2-4-18-33(28,31)32/h5-12,25-26H,1-4,13-20H2,(H2,28,31,32). The smallest absolute Gasteiger partial charge is 0.209 e. The average Bonchev–Trinajstić information content (AvgIpc) is 3.63. The number of hydrogen-bond acceptors (Lipinski definition) is 4. The van der Waals surface area contributed by atoms with E-state index in [1.54, 1.807) is 0 Å². The van der Waals surface area contributed by atoms with E-state index in [2.05, 4.69) is 46.2 Å². The van der Waals surface area contributed by atoms with Gasteiger partial charge >= 0.3 is 0 Å². The Kier molecular flexibility index (Phi) is 8.47. The average molecular weight is 490 g/mol. The summed E-state index contributed by atoms with van der Waals surface area (Å²) in [6.07, 6.45) is 7.53. The van der Waals surface area contributed by atoms with Gasteiger partial charge in [-0.2, -0.15) is 0 Å². The van der Waals surface area contributed by atoms with Crippen molar-refractivity contribution < 1.29 is 8.42 Å². The van der Waals surface area contributed by atoms with Gasteiger partial charge in [-0.1, -0.05) is 60.8 Å². The van der Waals surface area contributed by atoms with Crippen LogP contribution < -0.4 is 5.14 Å². The molecule has 2 fully saturated rings. The van der Waals surface area contributed by atoms with Crippen LogP contribution in [0.2, 0.25) is 5.02 Å². The molecule has 1 saturated carbocycles. The van der Waals surface area contributed by atoms with Gasteiger partial charge in [0.05, 0.1) is 5.75 Å². The predicted octanol–water partition coefficient (Wildman–Crippen LogP) is 4.55. The molecule has 180 valence electrons. The molecule has 7 heteroatoms. The lowest BCUT2D eigenvalue weighted by atomic mass is 9.98. The topological polar surface area (TPSA) is 66.6 Å². The minimum absolute atomic E-state index is 0.0989. The maximum atomic E-state index is 11.1. The monoisotopic (exact) mass is 489 g/mol. The lowest BCUT2D eigenvalue weighted by Crippen LogP contribution is -2.54. The van der Waals surface area contributed by atoms with Crippen molar-refractivity contribution in [2.75, 3.05) is 31.9 Å². The zero-order valence-corrected chi connectivity index (χ0v) is 20.9. The van der Waals surface area contributed by atoms with Crippen LogP contribution in [0.25, 0.3) is 11.1 Å². The van der Waals surface area contributed by atoms with Crippen LogP contribution in [0, 0.1) is 0 Å². The molecule has 1 aliphatic heterocycles. The van der Waals surface area contributed by atoms with Gasteiger partial charge in [0.1, 0.15) is 0 Å². The fourth-order valence-corrected chi connectivity index (χ4v) is 5.63. The zero-order chi connectivity index (χ0) is 23.3. The van der Waals surface area contributed by atoms with Crippen molar-refractivity contribution in [1.29, 1.82) is 0 Å². The molecular formula is C26H36ClN3O2S. The second kappa shape index (κ2) is 11.3. The molecule has 0 aromatic heterocycles. The molecule has 0 radical (unpaired) electrons. The fourth-order valence-electron chi connectivity index (χ4n) is 4.90. The van der Waals surface area contributed by atoms with Crippen molar-refractivity contribution in [3.05, 3.63) is 59.1 Å². The van der Waals surface area contributed by atoms with Crippen molar-refractivity contribution >= 4 is 21.6 Å². The van der Waals surface area contributed by atoms with Crippen LogP contribution in [-0.2, 0) is 16.4 Å². The molecule has 4 rings (SSSR count). The van der Waals surface area contributed by atoms with Gasteiger partial charge in [0.25, 0.3) is 0 Å². The highest BCUT2D eigenvalue weighted by atomic mass is 35.5. The number of nitrogens with zero attached hydrogens (tertiary/aromatic N) is 2. The van der Waals surface area contributed by atoms with Crippen LogP contribution in [0.3, 0.4) is 0 Å². The maximum absolute atomic E-state index is 11.1.